The minimum atomic E-state index is -3.47. The fourth-order valence-electron chi connectivity index (χ4n) is 2.73. The molecule has 2 aromatic carbocycles. The first-order valence-electron chi connectivity index (χ1n) is 7.38. The normalized spacial score (nSPS) is 14.5. The lowest BCUT2D eigenvalue weighted by atomic mass is 10.0. The molecular weight excluding hydrogens is 312 g/mol. The Morgan fingerprint density at radius 1 is 1.09 bits per heavy atom. The van der Waals surface area contributed by atoms with Gasteiger partial charge in [0.1, 0.15) is 0 Å². The third-order valence-electron chi connectivity index (χ3n) is 3.90. The van der Waals surface area contributed by atoms with Gasteiger partial charge < -0.3 is 4.90 Å². The first-order valence-corrected chi connectivity index (χ1v) is 9.04. The number of sulfonamides is 1. The molecule has 1 heterocycles. The molecule has 0 saturated heterocycles. The van der Waals surface area contributed by atoms with E-state index in [-0.39, 0.29) is 11.7 Å². The monoisotopic (exact) mass is 330 g/mol. The number of fused-ring (bicyclic) bond motifs is 1. The number of aryl methyl sites for hydroxylation is 1. The summed E-state index contributed by atoms with van der Waals surface area (Å²) >= 11 is 0. The Kier molecular flexibility index (Phi) is 4.09. The van der Waals surface area contributed by atoms with E-state index >= 15 is 0 Å². The first-order chi connectivity index (χ1) is 10.9. The molecule has 3 rings (SSSR count). The topological polar surface area (TPSA) is 66.5 Å². The SMILES string of the molecule is CN1C(=O)CCc2cc(NS(=O)(=O)Cc3ccccc3)ccc21. The van der Waals surface area contributed by atoms with E-state index in [1.165, 1.54) is 0 Å². The molecule has 0 aliphatic carbocycles. The molecule has 0 spiro atoms. The third-order valence-corrected chi connectivity index (χ3v) is 5.16. The number of anilines is 2. The van der Waals surface area contributed by atoms with Crippen molar-refractivity contribution in [2.45, 2.75) is 18.6 Å². The van der Waals surface area contributed by atoms with Gasteiger partial charge in [-0.3, -0.25) is 9.52 Å². The Hall–Kier alpha value is -2.34. The van der Waals surface area contributed by atoms with Crippen molar-refractivity contribution in [1.29, 1.82) is 0 Å². The van der Waals surface area contributed by atoms with Gasteiger partial charge in [-0.2, -0.15) is 0 Å². The van der Waals surface area contributed by atoms with E-state index in [9.17, 15) is 13.2 Å². The van der Waals surface area contributed by atoms with Gasteiger partial charge in [0.15, 0.2) is 0 Å². The van der Waals surface area contributed by atoms with Crippen molar-refractivity contribution in [1.82, 2.24) is 0 Å². The molecule has 120 valence electrons. The van der Waals surface area contributed by atoms with Gasteiger partial charge in [-0.05, 0) is 35.7 Å². The summed E-state index contributed by atoms with van der Waals surface area (Å²) in [7, 11) is -1.73. The Balaban J connectivity index is 1.79. The number of hydrogen-bond acceptors (Lipinski definition) is 3. The Bertz CT molecular complexity index is 832. The van der Waals surface area contributed by atoms with E-state index in [2.05, 4.69) is 4.72 Å². The summed E-state index contributed by atoms with van der Waals surface area (Å²) in [5.41, 5.74) is 3.09. The summed E-state index contributed by atoms with van der Waals surface area (Å²) < 4.78 is 27.2. The largest absolute Gasteiger partial charge is 0.315 e. The quantitative estimate of drug-likeness (QED) is 0.937. The van der Waals surface area contributed by atoms with Crippen molar-refractivity contribution >= 4 is 27.3 Å². The Labute approximate surface area is 136 Å². The van der Waals surface area contributed by atoms with E-state index in [0.717, 1.165) is 16.8 Å². The summed E-state index contributed by atoms with van der Waals surface area (Å²) in [4.78, 5) is 13.3. The molecule has 2 aromatic rings. The molecular formula is C17H18N2O3S. The zero-order valence-electron chi connectivity index (χ0n) is 12.8. The van der Waals surface area contributed by atoms with Crippen molar-refractivity contribution in [2.24, 2.45) is 0 Å². The van der Waals surface area contributed by atoms with Crippen molar-refractivity contribution in [3.8, 4) is 0 Å². The molecule has 1 aliphatic heterocycles. The van der Waals surface area contributed by atoms with Crippen molar-refractivity contribution in [2.75, 3.05) is 16.7 Å². The van der Waals surface area contributed by atoms with Crippen LogP contribution < -0.4 is 9.62 Å². The number of nitrogens with zero attached hydrogens (tertiary/aromatic N) is 1. The molecule has 0 saturated carbocycles. The number of hydrogen-bond donors (Lipinski definition) is 1. The smallest absolute Gasteiger partial charge is 0.236 e. The minimum absolute atomic E-state index is 0.0662. The zero-order valence-corrected chi connectivity index (χ0v) is 13.6. The van der Waals surface area contributed by atoms with Gasteiger partial charge in [-0.1, -0.05) is 30.3 Å². The average Bonchev–Trinajstić information content (AvgIpc) is 2.51. The lowest BCUT2D eigenvalue weighted by Gasteiger charge is -2.26. The third kappa shape index (κ3) is 3.53. The molecule has 1 N–H and O–H groups in total. The second-order valence-corrected chi connectivity index (χ2v) is 7.37. The van der Waals surface area contributed by atoms with Crippen molar-refractivity contribution < 1.29 is 13.2 Å². The molecule has 1 aliphatic rings. The van der Waals surface area contributed by atoms with Crippen LogP contribution in [0.1, 0.15) is 17.5 Å². The Morgan fingerprint density at radius 2 is 1.83 bits per heavy atom. The van der Waals surface area contributed by atoms with Gasteiger partial charge in [-0.15, -0.1) is 0 Å². The van der Waals surface area contributed by atoms with E-state index in [1.807, 2.05) is 18.2 Å². The van der Waals surface area contributed by atoms with Crippen LogP contribution in [0.3, 0.4) is 0 Å². The van der Waals surface area contributed by atoms with Gasteiger partial charge in [0, 0.05) is 24.8 Å². The van der Waals surface area contributed by atoms with Crippen LogP contribution in [0.25, 0.3) is 0 Å². The van der Waals surface area contributed by atoms with Crippen molar-refractivity contribution in [3.05, 3.63) is 59.7 Å². The maximum absolute atomic E-state index is 12.3. The van der Waals surface area contributed by atoms with Crippen LogP contribution in [0.2, 0.25) is 0 Å². The second kappa shape index (κ2) is 6.04. The van der Waals surface area contributed by atoms with Crippen LogP contribution in [-0.4, -0.2) is 21.4 Å². The minimum Gasteiger partial charge on any atom is -0.315 e. The second-order valence-electron chi connectivity index (χ2n) is 5.64. The van der Waals surface area contributed by atoms with Gasteiger partial charge in [0.05, 0.1) is 5.75 Å². The van der Waals surface area contributed by atoms with Gasteiger partial charge >= 0.3 is 0 Å². The van der Waals surface area contributed by atoms with Crippen LogP contribution in [0.15, 0.2) is 48.5 Å². The highest BCUT2D eigenvalue weighted by Gasteiger charge is 2.21. The lowest BCUT2D eigenvalue weighted by Crippen LogP contribution is -2.31. The number of nitrogens with one attached hydrogen (secondary N) is 1. The van der Waals surface area contributed by atoms with Crippen LogP contribution in [0.5, 0.6) is 0 Å². The molecule has 23 heavy (non-hydrogen) atoms. The molecule has 5 nitrogen and oxygen atoms in total. The molecule has 6 heteroatoms. The van der Waals surface area contributed by atoms with Gasteiger partial charge in [0.25, 0.3) is 0 Å². The summed E-state index contributed by atoms with van der Waals surface area (Å²) in [6.45, 7) is 0. The van der Waals surface area contributed by atoms with E-state index in [4.69, 9.17) is 0 Å². The highest BCUT2D eigenvalue weighted by molar-refractivity contribution is 7.91. The molecule has 0 bridgehead atoms. The Morgan fingerprint density at radius 3 is 2.57 bits per heavy atom. The summed E-state index contributed by atoms with van der Waals surface area (Å²) in [6.07, 6.45) is 1.08. The number of carbonyl (C=O) groups excluding carboxylic acids is 1. The van der Waals surface area contributed by atoms with Gasteiger partial charge in [-0.25, -0.2) is 8.42 Å². The molecule has 0 atom stereocenters. The first kappa shape index (κ1) is 15.6. The summed E-state index contributed by atoms with van der Waals surface area (Å²) in [5.74, 6) is 0.0125. The predicted octanol–water partition coefficient (Wildman–Crippen LogP) is 2.54. The molecule has 1 amide bonds. The number of rotatable bonds is 4. The number of amides is 1. The zero-order chi connectivity index (χ0) is 16.4. The van der Waals surface area contributed by atoms with E-state index < -0.39 is 10.0 Å². The molecule has 0 aromatic heterocycles. The molecule has 0 radical (unpaired) electrons. The maximum atomic E-state index is 12.3. The van der Waals surface area contributed by atoms with Crippen molar-refractivity contribution in [3.63, 3.8) is 0 Å². The summed E-state index contributed by atoms with van der Waals surface area (Å²) in [5, 5.41) is 0. The van der Waals surface area contributed by atoms with Crippen LogP contribution in [0, 0.1) is 0 Å². The highest BCUT2D eigenvalue weighted by Crippen LogP contribution is 2.29. The molecule has 0 fully saturated rings. The van der Waals surface area contributed by atoms with Crippen LogP contribution in [0.4, 0.5) is 11.4 Å². The van der Waals surface area contributed by atoms with E-state index in [0.29, 0.717) is 18.5 Å². The predicted molar refractivity (Wildman–Crippen MR) is 90.9 cm³/mol. The number of carbonyl (C=O) groups is 1. The average molecular weight is 330 g/mol. The lowest BCUT2D eigenvalue weighted by molar-refractivity contribution is -0.118. The van der Waals surface area contributed by atoms with Crippen LogP contribution in [-0.2, 0) is 27.0 Å². The van der Waals surface area contributed by atoms with Gasteiger partial charge in [0.2, 0.25) is 15.9 Å². The highest BCUT2D eigenvalue weighted by atomic mass is 32.2. The fraction of sp³-hybridized carbons (Fsp3) is 0.235. The summed E-state index contributed by atoms with van der Waals surface area (Å²) in [6, 6.07) is 14.3. The fourth-order valence-corrected chi connectivity index (χ4v) is 3.92. The maximum Gasteiger partial charge on any atom is 0.236 e. The molecule has 0 unspecified atom stereocenters. The van der Waals surface area contributed by atoms with E-state index in [1.54, 1.807) is 42.3 Å². The van der Waals surface area contributed by atoms with Crippen LogP contribution >= 0.6 is 0 Å². The standard InChI is InChI=1S/C17H18N2O3S/c1-19-16-9-8-15(11-14(16)7-10-17(19)20)18-23(21,22)12-13-5-3-2-4-6-13/h2-6,8-9,11,18H,7,10,12H2,1H3. The number of benzene rings is 2.